The molecule has 1 atom stereocenters. The van der Waals surface area contributed by atoms with Gasteiger partial charge in [0.05, 0.1) is 5.97 Å². The van der Waals surface area contributed by atoms with Crippen LogP contribution < -0.4 is 24.0 Å². The summed E-state index contributed by atoms with van der Waals surface area (Å²) in [5, 5.41) is 11.5. The van der Waals surface area contributed by atoms with Gasteiger partial charge in [0.15, 0.2) is 0 Å². The fourth-order valence-electron chi connectivity index (χ4n) is 6.37. The first kappa shape index (κ1) is 45.2. The van der Waals surface area contributed by atoms with Crippen molar-refractivity contribution in [2.24, 2.45) is 0 Å². The number of unbranched alkanes of at least 4 members (excludes halogenated alkanes) is 30. The van der Waals surface area contributed by atoms with E-state index in [1.165, 1.54) is 193 Å². The Balaban J connectivity index is 0. The minimum absolute atomic E-state index is 0. The molecule has 0 spiro atoms. The number of carbonyl (C=O) groups is 1. The van der Waals surface area contributed by atoms with Gasteiger partial charge in [-0.1, -0.05) is 206 Å². The number of aliphatic carboxylic acids is 1. The van der Waals surface area contributed by atoms with Crippen LogP contribution >= 0.6 is 0 Å². The third-order valence-corrected chi connectivity index (χ3v) is 9.49. The van der Waals surface area contributed by atoms with Gasteiger partial charge in [-0.3, -0.25) is 4.90 Å². The van der Waals surface area contributed by atoms with Crippen molar-refractivity contribution in [1.82, 2.24) is 4.90 Å². The first-order valence-electron chi connectivity index (χ1n) is 19.6. The quantitative estimate of drug-likeness (QED) is 0.0533. The standard InChI is InChI=1S/C39H79NO2.Li/c1-4-6-8-10-12-14-16-18-20-22-24-26-28-30-32-34-36-40(38(3)39(41)42)37-35-33-31-29-27-25-23-21-19-17-15-13-11-9-7-5-2;/h38H,4-37H2,1-3H3,(H,41,42);/q;+1/p-1. The van der Waals surface area contributed by atoms with Crippen LogP contribution in [0.2, 0.25) is 0 Å². The third kappa shape index (κ3) is 34.7. The largest absolute Gasteiger partial charge is 1.00 e. The topological polar surface area (TPSA) is 43.4 Å². The molecule has 0 aromatic heterocycles. The van der Waals surface area contributed by atoms with E-state index in [0.29, 0.717) is 0 Å². The molecule has 0 bridgehead atoms. The maximum Gasteiger partial charge on any atom is 1.00 e. The van der Waals surface area contributed by atoms with E-state index in [0.717, 1.165) is 25.9 Å². The van der Waals surface area contributed by atoms with E-state index in [2.05, 4.69) is 18.7 Å². The van der Waals surface area contributed by atoms with Crippen LogP contribution in [0.15, 0.2) is 0 Å². The molecule has 0 radical (unpaired) electrons. The van der Waals surface area contributed by atoms with E-state index in [9.17, 15) is 9.90 Å². The number of rotatable bonds is 36. The van der Waals surface area contributed by atoms with Crippen molar-refractivity contribution in [3.63, 3.8) is 0 Å². The van der Waals surface area contributed by atoms with Crippen LogP contribution in [0, 0.1) is 0 Å². The normalized spacial score (nSPS) is 12.1. The molecule has 0 rings (SSSR count). The minimum Gasteiger partial charge on any atom is -0.548 e. The van der Waals surface area contributed by atoms with Gasteiger partial charge in [0, 0.05) is 6.04 Å². The first-order valence-corrected chi connectivity index (χ1v) is 19.6. The molecule has 3 nitrogen and oxygen atoms in total. The first-order chi connectivity index (χ1) is 20.6. The summed E-state index contributed by atoms with van der Waals surface area (Å²) in [7, 11) is 0. The van der Waals surface area contributed by atoms with Crippen LogP contribution in [-0.4, -0.2) is 30.0 Å². The van der Waals surface area contributed by atoms with E-state index >= 15 is 0 Å². The second-order valence-electron chi connectivity index (χ2n) is 13.6. The summed E-state index contributed by atoms with van der Waals surface area (Å²) >= 11 is 0. The number of hydrogen-bond acceptors (Lipinski definition) is 3. The van der Waals surface area contributed by atoms with Gasteiger partial charge in [0.2, 0.25) is 0 Å². The van der Waals surface area contributed by atoms with Gasteiger partial charge >= 0.3 is 18.9 Å². The fraction of sp³-hybridized carbons (Fsp3) is 0.974. The van der Waals surface area contributed by atoms with Gasteiger partial charge in [0.25, 0.3) is 0 Å². The molecule has 0 fully saturated rings. The molecule has 0 aliphatic carbocycles. The number of nitrogens with zero attached hydrogens (tertiary/aromatic N) is 1. The summed E-state index contributed by atoms with van der Waals surface area (Å²) in [5.74, 6) is -0.914. The molecular formula is C39H78LiNO2. The number of carbonyl (C=O) groups excluding carboxylic acids is 1. The molecule has 0 N–H and O–H groups in total. The van der Waals surface area contributed by atoms with Gasteiger partial charge in [-0.05, 0) is 32.9 Å². The van der Waals surface area contributed by atoms with Crippen molar-refractivity contribution >= 4 is 5.97 Å². The Labute approximate surface area is 284 Å². The van der Waals surface area contributed by atoms with Gasteiger partial charge in [-0.15, -0.1) is 0 Å². The number of carboxylic acids is 1. The molecule has 0 aliphatic heterocycles. The van der Waals surface area contributed by atoms with E-state index in [-0.39, 0.29) is 18.9 Å². The molecule has 43 heavy (non-hydrogen) atoms. The average molecular weight is 600 g/mol. The molecule has 0 saturated carbocycles. The predicted molar refractivity (Wildman–Crippen MR) is 185 cm³/mol. The summed E-state index contributed by atoms with van der Waals surface area (Å²) in [6.45, 7) is 8.21. The zero-order valence-electron chi connectivity index (χ0n) is 30.4. The summed E-state index contributed by atoms with van der Waals surface area (Å²) < 4.78 is 0. The van der Waals surface area contributed by atoms with Crippen molar-refractivity contribution in [1.29, 1.82) is 0 Å². The van der Waals surface area contributed by atoms with E-state index < -0.39 is 12.0 Å². The zero-order chi connectivity index (χ0) is 30.8. The Morgan fingerprint density at radius 1 is 0.419 bits per heavy atom. The van der Waals surface area contributed by atoms with E-state index in [1.54, 1.807) is 0 Å². The van der Waals surface area contributed by atoms with Gasteiger partial charge < -0.3 is 9.90 Å². The molecule has 0 aliphatic rings. The predicted octanol–water partition coefficient (Wildman–Crippen LogP) is 8.95. The molecule has 4 heteroatoms. The van der Waals surface area contributed by atoms with Crippen LogP contribution in [0.3, 0.4) is 0 Å². The number of hydrogen-bond donors (Lipinski definition) is 0. The SMILES string of the molecule is CCCCCCCCCCCCCCCCCCN(CCCCCCCCCCCCCCCCCC)C(C)C(=O)[O-].[Li+]. The Morgan fingerprint density at radius 3 is 0.791 bits per heavy atom. The Kier molecular flexibility index (Phi) is 40.1. The molecule has 0 saturated heterocycles. The molecule has 0 heterocycles. The number of carboxylic acid groups (broad SMARTS) is 1. The molecule has 1 unspecified atom stereocenters. The van der Waals surface area contributed by atoms with Crippen LogP contribution in [0.4, 0.5) is 0 Å². The Bertz CT molecular complexity index is 493. The summed E-state index contributed by atoms with van der Waals surface area (Å²) in [6.07, 6.45) is 43.9. The second-order valence-corrected chi connectivity index (χ2v) is 13.6. The van der Waals surface area contributed by atoms with Crippen molar-refractivity contribution in [3.8, 4) is 0 Å². The summed E-state index contributed by atoms with van der Waals surface area (Å²) in [4.78, 5) is 13.7. The van der Waals surface area contributed by atoms with Gasteiger partial charge in [-0.25, -0.2) is 0 Å². The minimum atomic E-state index is -0.914. The third-order valence-electron chi connectivity index (χ3n) is 9.49. The fourth-order valence-corrected chi connectivity index (χ4v) is 6.37. The van der Waals surface area contributed by atoms with Crippen LogP contribution in [0.5, 0.6) is 0 Å². The molecule has 252 valence electrons. The summed E-state index contributed by atoms with van der Waals surface area (Å²) in [5.41, 5.74) is 0. The van der Waals surface area contributed by atoms with Crippen molar-refractivity contribution in [3.05, 3.63) is 0 Å². The monoisotopic (exact) mass is 600 g/mol. The zero-order valence-corrected chi connectivity index (χ0v) is 30.4. The van der Waals surface area contributed by atoms with Crippen molar-refractivity contribution < 1.29 is 28.8 Å². The van der Waals surface area contributed by atoms with Crippen LogP contribution in [-0.2, 0) is 4.79 Å². The van der Waals surface area contributed by atoms with E-state index in [1.807, 2.05) is 6.92 Å². The van der Waals surface area contributed by atoms with Gasteiger partial charge in [0.1, 0.15) is 0 Å². The molecule has 0 aromatic rings. The van der Waals surface area contributed by atoms with Crippen molar-refractivity contribution in [2.45, 2.75) is 232 Å². The van der Waals surface area contributed by atoms with E-state index in [4.69, 9.17) is 0 Å². The second kappa shape index (κ2) is 38.2. The Morgan fingerprint density at radius 2 is 0.605 bits per heavy atom. The summed E-state index contributed by atoms with van der Waals surface area (Å²) in [6, 6.07) is -0.460. The molecular weight excluding hydrogens is 521 g/mol. The van der Waals surface area contributed by atoms with Gasteiger partial charge in [-0.2, -0.15) is 0 Å². The van der Waals surface area contributed by atoms with Crippen LogP contribution in [0.25, 0.3) is 0 Å². The average Bonchev–Trinajstić information content (AvgIpc) is 2.99. The maximum absolute atomic E-state index is 11.5. The smallest absolute Gasteiger partial charge is 0.548 e. The Hall–Kier alpha value is 0.0274. The van der Waals surface area contributed by atoms with Crippen molar-refractivity contribution in [2.75, 3.05) is 13.1 Å². The molecule has 0 amide bonds. The van der Waals surface area contributed by atoms with Crippen LogP contribution in [0.1, 0.15) is 226 Å². The maximum atomic E-state index is 11.5. The molecule has 0 aromatic carbocycles.